The second-order valence-electron chi connectivity index (χ2n) is 10.7. The van der Waals surface area contributed by atoms with Crippen molar-refractivity contribution in [1.29, 1.82) is 0 Å². The van der Waals surface area contributed by atoms with Gasteiger partial charge < -0.3 is 65.0 Å². The average molecular weight is 551 g/mol. The van der Waals surface area contributed by atoms with Crippen LogP contribution in [0.1, 0.15) is 17.0 Å². The molecule has 13 heteroatoms. The van der Waals surface area contributed by atoms with Crippen LogP contribution < -0.4 is 5.32 Å². The zero-order chi connectivity index (χ0) is 27.5. The van der Waals surface area contributed by atoms with Gasteiger partial charge in [0.15, 0.2) is 0 Å². The number of ether oxygens (including phenoxy) is 4. The van der Waals surface area contributed by atoms with Gasteiger partial charge in [-0.1, -0.05) is 12.1 Å². The molecule has 1 aromatic carbocycles. The van der Waals surface area contributed by atoms with Crippen molar-refractivity contribution in [3.8, 4) is 0 Å². The Morgan fingerprint density at radius 2 is 1.64 bits per heavy atom. The molecule has 13 nitrogen and oxygen atoms in total. The van der Waals surface area contributed by atoms with Crippen molar-refractivity contribution >= 4 is 10.9 Å². The first-order chi connectivity index (χ1) is 18.8. The Morgan fingerprint density at radius 1 is 0.949 bits per heavy atom. The number of fused-ring (bicyclic) bond motifs is 2. The second kappa shape index (κ2) is 10.0. The first-order valence-corrected chi connectivity index (χ1v) is 13.0. The molecule has 0 saturated carbocycles. The fraction of sp³-hybridized carbons (Fsp3) is 0.615. The molecule has 39 heavy (non-hydrogen) atoms. The molecule has 6 rings (SSSR count). The minimum Gasteiger partial charge on any atom is -0.460 e. The lowest BCUT2D eigenvalue weighted by Gasteiger charge is -2.40. The van der Waals surface area contributed by atoms with Gasteiger partial charge in [-0.05, 0) is 29.7 Å². The first-order valence-electron chi connectivity index (χ1n) is 13.0. The van der Waals surface area contributed by atoms with Gasteiger partial charge in [0.2, 0.25) is 5.79 Å². The van der Waals surface area contributed by atoms with Crippen LogP contribution in [0.15, 0.2) is 36.2 Å². The lowest BCUT2D eigenvalue weighted by atomic mass is 9.78. The van der Waals surface area contributed by atoms with E-state index in [-0.39, 0.29) is 18.5 Å². The molecule has 1 aliphatic carbocycles. The van der Waals surface area contributed by atoms with Gasteiger partial charge in [-0.2, -0.15) is 0 Å². The highest BCUT2D eigenvalue weighted by Gasteiger charge is 2.61. The van der Waals surface area contributed by atoms with E-state index in [0.29, 0.717) is 5.76 Å². The maximum absolute atomic E-state index is 11.0. The van der Waals surface area contributed by atoms with Crippen LogP contribution in [0.4, 0.5) is 0 Å². The SMILES string of the molecule is OCC1OC(CO)(OCC2(OC3=C[C@@H]4c5cccc6[nH]cc(c56)C[C@H]4NC3)OC(CO)C(O)C2O)C(O)C1O. The Labute approximate surface area is 223 Å². The minimum absolute atomic E-state index is 0.0694. The summed E-state index contributed by atoms with van der Waals surface area (Å²) < 4.78 is 23.2. The number of aromatic amines is 1. The topological polar surface area (TPSA) is 206 Å². The summed E-state index contributed by atoms with van der Waals surface area (Å²) in [6.07, 6.45) is -4.25. The number of nitrogens with one attached hydrogen (secondary N) is 2. The molecule has 0 spiro atoms. The number of aliphatic hydroxyl groups is 7. The van der Waals surface area contributed by atoms with E-state index in [0.717, 1.165) is 22.9 Å². The fourth-order valence-corrected chi connectivity index (χ4v) is 6.25. The van der Waals surface area contributed by atoms with E-state index in [1.165, 1.54) is 5.56 Å². The average Bonchev–Trinajstić information content (AvgIpc) is 3.56. The lowest BCUT2D eigenvalue weighted by Crippen LogP contribution is -2.56. The quantitative estimate of drug-likeness (QED) is 0.165. The number of benzene rings is 1. The molecule has 0 amide bonds. The van der Waals surface area contributed by atoms with Crippen LogP contribution in [0.3, 0.4) is 0 Å². The summed E-state index contributed by atoms with van der Waals surface area (Å²) in [6.45, 7) is -2.58. The van der Waals surface area contributed by atoms with Crippen molar-refractivity contribution in [2.45, 2.75) is 66.6 Å². The van der Waals surface area contributed by atoms with E-state index in [9.17, 15) is 35.7 Å². The summed E-state index contributed by atoms with van der Waals surface area (Å²) in [4.78, 5) is 3.31. The van der Waals surface area contributed by atoms with Gasteiger partial charge in [0, 0.05) is 29.1 Å². The highest BCUT2D eigenvalue weighted by atomic mass is 16.8. The highest BCUT2D eigenvalue weighted by Crippen LogP contribution is 2.42. The molecule has 1 aromatic heterocycles. The van der Waals surface area contributed by atoms with Crippen molar-refractivity contribution in [2.24, 2.45) is 0 Å². The largest absolute Gasteiger partial charge is 0.460 e. The van der Waals surface area contributed by atoms with E-state index in [4.69, 9.17) is 18.9 Å². The summed E-state index contributed by atoms with van der Waals surface area (Å²) in [6, 6.07) is 6.14. The number of aliphatic hydroxyl groups excluding tert-OH is 7. The van der Waals surface area contributed by atoms with E-state index in [2.05, 4.69) is 16.4 Å². The molecule has 2 saturated heterocycles. The van der Waals surface area contributed by atoms with Crippen molar-refractivity contribution in [3.05, 3.63) is 47.4 Å². The standard InChI is InChI=1S/C26H34N2O11/c29-8-18-21(32)23(34)25(10-31,38-18)36-11-26(24(35)22(33)19(9-30)39-26)37-13-5-15-14-2-1-3-16-20(14)12(6-27-16)4-17(15)28-7-13/h1-3,5-6,15,17-19,21-24,27-35H,4,7-11H2/t15-,17-,18?,19?,21?,22?,23?,24?,25?,26?/m1/s1. The fourth-order valence-electron chi connectivity index (χ4n) is 6.25. The molecular formula is C26H34N2O11. The van der Waals surface area contributed by atoms with E-state index >= 15 is 0 Å². The van der Waals surface area contributed by atoms with Gasteiger partial charge >= 0.3 is 0 Å². The van der Waals surface area contributed by atoms with Crippen molar-refractivity contribution < 1.29 is 54.7 Å². The molecule has 4 heterocycles. The zero-order valence-corrected chi connectivity index (χ0v) is 21.0. The number of aromatic nitrogens is 1. The van der Waals surface area contributed by atoms with Gasteiger partial charge in [-0.25, -0.2) is 0 Å². The summed E-state index contributed by atoms with van der Waals surface area (Å²) >= 11 is 0. The molecule has 214 valence electrons. The number of rotatable bonds is 8. The van der Waals surface area contributed by atoms with Crippen molar-refractivity contribution in [3.63, 3.8) is 0 Å². The predicted molar refractivity (Wildman–Crippen MR) is 132 cm³/mol. The van der Waals surface area contributed by atoms with Gasteiger partial charge in [0.25, 0.3) is 5.79 Å². The number of hydrogen-bond donors (Lipinski definition) is 9. The van der Waals surface area contributed by atoms with Crippen LogP contribution in [-0.4, -0.2) is 128 Å². The first kappa shape index (κ1) is 27.1. The van der Waals surface area contributed by atoms with Crippen LogP contribution in [0.5, 0.6) is 0 Å². The maximum Gasteiger partial charge on any atom is 0.263 e. The molecule has 10 atom stereocenters. The maximum atomic E-state index is 11.0. The third-order valence-electron chi connectivity index (χ3n) is 8.37. The number of hydrogen-bond acceptors (Lipinski definition) is 12. The predicted octanol–water partition coefficient (Wildman–Crippen LogP) is -2.69. The number of H-pyrrole nitrogens is 1. The van der Waals surface area contributed by atoms with Crippen molar-refractivity contribution in [1.82, 2.24) is 10.3 Å². The molecular weight excluding hydrogens is 516 g/mol. The summed E-state index contributed by atoms with van der Waals surface area (Å²) in [5.41, 5.74) is 3.35. The van der Waals surface area contributed by atoms with Gasteiger partial charge in [-0.15, -0.1) is 0 Å². The van der Waals surface area contributed by atoms with Crippen LogP contribution >= 0.6 is 0 Å². The zero-order valence-electron chi connectivity index (χ0n) is 21.0. The smallest absolute Gasteiger partial charge is 0.263 e. The Morgan fingerprint density at radius 3 is 2.31 bits per heavy atom. The Hall–Kier alpha value is -2.14. The molecule has 8 unspecified atom stereocenters. The van der Waals surface area contributed by atoms with Crippen LogP contribution in [0.25, 0.3) is 10.9 Å². The Balaban J connectivity index is 1.30. The van der Waals surface area contributed by atoms with E-state index in [1.54, 1.807) is 0 Å². The third kappa shape index (κ3) is 4.21. The third-order valence-corrected chi connectivity index (χ3v) is 8.37. The molecule has 2 fully saturated rings. The summed E-state index contributed by atoms with van der Waals surface area (Å²) in [5.74, 6) is -3.91. The Bertz CT molecular complexity index is 1240. The van der Waals surface area contributed by atoms with E-state index in [1.807, 2.05) is 24.4 Å². The normalized spacial score (nSPS) is 41.6. The lowest BCUT2D eigenvalue weighted by molar-refractivity contribution is -0.332. The van der Waals surface area contributed by atoms with Crippen LogP contribution in [0.2, 0.25) is 0 Å². The summed E-state index contributed by atoms with van der Waals surface area (Å²) in [5, 5.41) is 76.2. The van der Waals surface area contributed by atoms with E-state index < -0.39 is 74.6 Å². The molecule has 3 aliphatic heterocycles. The molecule has 9 N–H and O–H groups in total. The molecule has 0 bridgehead atoms. The van der Waals surface area contributed by atoms with Crippen molar-refractivity contribution in [2.75, 3.05) is 33.0 Å². The minimum atomic E-state index is -2.16. The monoisotopic (exact) mass is 550 g/mol. The van der Waals surface area contributed by atoms with Crippen LogP contribution in [-0.2, 0) is 25.4 Å². The highest BCUT2D eigenvalue weighted by molar-refractivity contribution is 5.88. The summed E-state index contributed by atoms with van der Waals surface area (Å²) in [7, 11) is 0. The molecule has 0 radical (unpaired) electrons. The van der Waals surface area contributed by atoms with Crippen LogP contribution in [0, 0.1) is 0 Å². The molecule has 2 aromatic rings. The second-order valence-corrected chi connectivity index (χ2v) is 10.7. The van der Waals surface area contributed by atoms with Gasteiger partial charge in [-0.3, -0.25) is 0 Å². The Kier molecular flexibility index (Phi) is 6.97. The van der Waals surface area contributed by atoms with Gasteiger partial charge in [0.1, 0.15) is 55.6 Å². The van der Waals surface area contributed by atoms with Gasteiger partial charge in [0.05, 0.1) is 19.8 Å². The molecule has 4 aliphatic rings.